The zero-order valence-electron chi connectivity index (χ0n) is 19.7. The minimum atomic E-state index is -3.72. The van der Waals surface area contributed by atoms with Gasteiger partial charge in [-0.25, -0.2) is 13.1 Å². The molecule has 1 aliphatic rings. The van der Waals surface area contributed by atoms with Crippen molar-refractivity contribution < 1.29 is 18.0 Å². The van der Waals surface area contributed by atoms with Gasteiger partial charge in [-0.05, 0) is 73.2 Å². The van der Waals surface area contributed by atoms with Crippen LogP contribution in [0.2, 0.25) is 0 Å². The lowest BCUT2D eigenvalue weighted by Gasteiger charge is -2.19. The fraction of sp³-hybridized carbons (Fsp3) is 0.259. The van der Waals surface area contributed by atoms with Gasteiger partial charge in [-0.2, -0.15) is 0 Å². The highest BCUT2D eigenvalue weighted by atomic mass is 32.2. The number of carbonyl (C=O) groups is 2. The largest absolute Gasteiger partial charge is 0.345 e. The number of hydrogen-bond donors (Lipinski definition) is 3. The van der Waals surface area contributed by atoms with Crippen molar-refractivity contribution in [2.75, 3.05) is 5.32 Å². The third-order valence-electron chi connectivity index (χ3n) is 5.98. The van der Waals surface area contributed by atoms with Crippen LogP contribution in [0.3, 0.4) is 0 Å². The summed E-state index contributed by atoms with van der Waals surface area (Å²) in [5.74, 6) is 0.0885. The molecular weight excluding hydrogens is 462 g/mol. The van der Waals surface area contributed by atoms with Crippen molar-refractivity contribution in [1.29, 1.82) is 0 Å². The molecule has 3 aromatic rings. The lowest BCUT2D eigenvalue weighted by atomic mass is 10.0. The molecule has 1 fully saturated rings. The number of nitrogens with one attached hydrogen (secondary N) is 3. The molecule has 0 heterocycles. The van der Waals surface area contributed by atoms with E-state index in [4.69, 9.17) is 0 Å². The third-order valence-corrected chi connectivity index (χ3v) is 7.40. The molecule has 0 aromatic heterocycles. The van der Waals surface area contributed by atoms with Crippen molar-refractivity contribution in [2.45, 2.75) is 44.2 Å². The third kappa shape index (κ3) is 6.55. The average Bonchev–Trinajstić information content (AvgIpc) is 3.67. The molecule has 7 nitrogen and oxygen atoms in total. The lowest BCUT2D eigenvalue weighted by molar-refractivity contribution is -0.114. The first-order valence-corrected chi connectivity index (χ1v) is 13.0. The minimum Gasteiger partial charge on any atom is -0.345 e. The molecule has 1 aliphatic carbocycles. The molecule has 182 valence electrons. The first-order chi connectivity index (χ1) is 16.7. The van der Waals surface area contributed by atoms with Crippen molar-refractivity contribution in [3.05, 3.63) is 95.1 Å². The Bertz CT molecular complexity index is 1300. The van der Waals surface area contributed by atoms with Gasteiger partial charge in [0.25, 0.3) is 5.91 Å². The van der Waals surface area contributed by atoms with Crippen LogP contribution >= 0.6 is 0 Å². The molecule has 2 amide bonds. The van der Waals surface area contributed by atoms with E-state index in [0.717, 1.165) is 24.0 Å². The number of sulfonamides is 1. The van der Waals surface area contributed by atoms with E-state index >= 15 is 0 Å². The van der Waals surface area contributed by atoms with Crippen LogP contribution < -0.4 is 15.4 Å². The molecule has 3 aromatic carbocycles. The van der Waals surface area contributed by atoms with Crippen molar-refractivity contribution >= 4 is 27.5 Å². The van der Waals surface area contributed by atoms with E-state index in [1.54, 1.807) is 24.3 Å². The minimum absolute atomic E-state index is 0.00776. The smallest absolute Gasteiger partial charge is 0.251 e. The second-order valence-corrected chi connectivity index (χ2v) is 10.7. The van der Waals surface area contributed by atoms with Crippen molar-refractivity contribution in [2.24, 2.45) is 5.92 Å². The number of aryl methyl sites for hydroxylation is 1. The highest BCUT2D eigenvalue weighted by Gasteiger charge is 2.33. The fourth-order valence-corrected chi connectivity index (χ4v) is 4.88. The molecule has 8 heteroatoms. The Morgan fingerprint density at radius 2 is 1.54 bits per heavy atom. The van der Waals surface area contributed by atoms with Gasteiger partial charge in [0.05, 0.1) is 10.9 Å². The Hall–Kier alpha value is -3.49. The molecule has 0 aliphatic heterocycles. The maximum atomic E-state index is 12.9. The Labute approximate surface area is 206 Å². The van der Waals surface area contributed by atoms with Crippen LogP contribution in [0.15, 0.2) is 77.7 Å². The molecule has 3 N–H and O–H groups in total. The van der Waals surface area contributed by atoms with E-state index < -0.39 is 10.0 Å². The van der Waals surface area contributed by atoms with E-state index in [1.807, 2.05) is 6.92 Å². The summed E-state index contributed by atoms with van der Waals surface area (Å²) in [5.41, 5.74) is 4.09. The number of anilines is 1. The molecule has 0 bridgehead atoms. The summed E-state index contributed by atoms with van der Waals surface area (Å²) in [5, 5.41) is 5.77. The Morgan fingerprint density at radius 1 is 0.914 bits per heavy atom. The van der Waals surface area contributed by atoms with E-state index in [2.05, 4.69) is 39.6 Å². The van der Waals surface area contributed by atoms with E-state index in [9.17, 15) is 18.0 Å². The van der Waals surface area contributed by atoms with E-state index in [-0.39, 0.29) is 29.3 Å². The summed E-state index contributed by atoms with van der Waals surface area (Å²) < 4.78 is 27.8. The van der Waals surface area contributed by atoms with Gasteiger partial charge in [-0.1, -0.05) is 42.0 Å². The summed E-state index contributed by atoms with van der Waals surface area (Å²) in [6, 6.07) is 21.1. The first kappa shape index (κ1) is 24.6. The summed E-state index contributed by atoms with van der Waals surface area (Å²) in [6.45, 7) is 3.52. The van der Waals surface area contributed by atoms with Gasteiger partial charge >= 0.3 is 0 Å². The molecule has 0 radical (unpaired) electrons. The molecule has 1 atom stereocenters. The molecule has 4 rings (SSSR count). The van der Waals surface area contributed by atoms with Gasteiger partial charge in [0.1, 0.15) is 0 Å². The number of benzene rings is 3. The Kier molecular flexibility index (Phi) is 7.33. The van der Waals surface area contributed by atoms with Crippen LogP contribution in [0.25, 0.3) is 0 Å². The molecular formula is C27H29N3O4S. The quantitative estimate of drug-likeness (QED) is 0.415. The van der Waals surface area contributed by atoms with E-state index in [1.165, 1.54) is 36.8 Å². The fourth-order valence-electron chi connectivity index (χ4n) is 3.86. The van der Waals surface area contributed by atoms with Crippen molar-refractivity contribution in [3.63, 3.8) is 0 Å². The van der Waals surface area contributed by atoms with Gasteiger partial charge in [0, 0.05) is 24.7 Å². The molecule has 0 spiro atoms. The predicted octanol–water partition coefficient (Wildman–Crippen LogP) is 4.31. The van der Waals surface area contributed by atoms with Gasteiger partial charge in [0.2, 0.25) is 15.9 Å². The maximum Gasteiger partial charge on any atom is 0.251 e. The Balaban J connectivity index is 1.36. The second kappa shape index (κ2) is 10.4. The average molecular weight is 492 g/mol. The zero-order chi connectivity index (χ0) is 25.0. The van der Waals surface area contributed by atoms with E-state index in [0.29, 0.717) is 17.2 Å². The number of carbonyl (C=O) groups excluding carboxylic acids is 2. The first-order valence-electron chi connectivity index (χ1n) is 11.5. The van der Waals surface area contributed by atoms with Crippen LogP contribution in [0.1, 0.15) is 52.9 Å². The highest BCUT2D eigenvalue weighted by molar-refractivity contribution is 7.89. The monoisotopic (exact) mass is 491 g/mol. The van der Waals surface area contributed by atoms with Crippen LogP contribution in [-0.2, 0) is 21.4 Å². The Morgan fingerprint density at radius 3 is 2.11 bits per heavy atom. The van der Waals surface area contributed by atoms with Crippen molar-refractivity contribution in [3.8, 4) is 0 Å². The standard InChI is InChI=1S/C27H29N3O4S/c1-18-3-7-21(8-4-18)26(22-11-12-22)30-27(32)23-9-5-20(6-10-23)17-28-35(33,34)25-15-13-24(14-16-25)29-19(2)31/h3-10,13-16,22,26,28H,11-12,17H2,1-2H3,(H,29,31)(H,30,32). The molecule has 0 saturated heterocycles. The summed E-state index contributed by atoms with van der Waals surface area (Å²) in [6.07, 6.45) is 2.21. The number of amides is 2. The molecule has 1 saturated carbocycles. The zero-order valence-corrected chi connectivity index (χ0v) is 20.6. The maximum absolute atomic E-state index is 12.9. The topological polar surface area (TPSA) is 104 Å². The van der Waals surface area contributed by atoms with Gasteiger partial charge in [0.15, 0.2) is 0 Å². The summed E-state index contributed by atoms with van der Waals surface area (Å²) in [4.78, 5) is 24.1. The van der Waals surface area contributed by atoms with Crippen LogP contribution in [0, 0.1) is 12.8 Å². The normalized spacial score (nSPS) is 14.2. The van der Waals surface area contributed by atoms with Crippen LogP contribution in [0.4, 0.5) is 5.69 Å². The molecule has 35 heavy (non-hydrogen) atoms. The molecule has 1 unspecified atom stereocenters. The highest BCUT2D eigenvalue weighted by Crippen LogP contribution is 2.41. The predicted molar refractivity (Wildman–Crippen MR) is 135 cm³/mol. The van der Waals surface area contributed by atoms with Gasteiger partial charge < -0.3 is 10.6 Å². The summed E-state index contributed by atoms with van der Waals surface area (Å²) >= 11 is 0. The lowest BCUT2D eigenvalue weighted by Crippen LogP contribution is -2.30. The van der Waals surface area contributed by atoms with Crippen LogP contribution in [-0.4, -0.2) is 20.2 Å². The van der Waals surface area contributed by atoms with Crippen LogP contribution in [0.5, 0.6) is 0 Å². The second-order valence-electron chi connectivity index (χ2n) is 8.93. The number of hydrogen-bond acceptors (Lipinski definition) is 4. The van der Waals surface area contributed by atoms with Gasteiger partial charge in [-0.3, -0.25) is 9.59 Å². The summed E-state index contributed by atoms with van der Waals surface area (Å²) in [7, 11) is -3.72. The van der Waals surface area contributed by atoms with Crippen molar-refractivity contribution in [1.82, 2.24) is 10.0 Å². The van der Waals surface area contributed by atoms with Gasteiger partial charge in [-0.15, -0.1) is 0 Å². The SMILES string of the molecule is CC(=O)Nc1ccc(S(=O)(=O)NCc2ccc(C(=O)NC(c3ccc(C)cc3)C3CC3)cc2)cc1. The number of rotatable bonds is 9.